The number of halogens is 3. The molecule has 4 rings (SSSR count). The average molecular weight is 439 g/mol. The Bertz CT molecular complexity index is 879. The van der Waals surface area contributed by atoms with E-state index in [-0.39, 0.29) is 17.8 Å². The maximum atomic E-state index is 13.3. The standard InChI is InChI=1S/C21H25F3N4OS/c1-26-8-10-27(11-9-26)19-5-4-16(21(22,23)24)13-17(19)25-20(29)28-7-2-3-18(28)15-6-12-30-14-15/h4-6,12-14,18H,2-3,7-11H2,1H3,(H,25,29). The van der Waals surface area contributed by atoms with E-state index < -0.39 is 11.7 Å². The van der Waals surface area contributed by atoms with Gasteiger partial charge in [-0.3, -0.25) is 0 Å². The first-order chi connectivity index (χ1) is 14.3. The summed E-state index contributed by atoms with van der Waals surface area (Å²) in [5.74, 6) is 0. The van der Waals surface area contributed by atoms with Crippen molar-refractivity contribution in [3.63, 3.8) is 0 Å². The van der Waals surface area contributed by atoms with Crippen LogP contribution in [0, 0.1) is 0 Å². The lowest BCUT2D eigenvalue weighted by Crippen LogP contribution is -2.45. The second-order valence-electron chi connectivity index (χ2n) is 7.86. The van der Waals surface area contributed by atoms with Gasteiger partial charge in [0.25, 0.3) is 0 Å². The summed E-state index contributed by atoms with van der Waals surface area (Å²) in [5, 5.41) is 6.80. The van der Waals surface area contributed by atoms with Crippen molar-refractivity contribution < 1.29 is 18.0 Å². The number of amides is 2. The van der Waals surface area contributed by atoms with E-state index in [9.17, 15) is 18.0 Å². The van der Waals surface area contributed by atoms with Crippen molar-refractivity contribution in [1.82, 2.24) is 9.80 Å². The van der Waals surface area contributed by atoms with Crippen molar-refractivity contribution in [1.29, 1.82) is 0 Å². The third-order valence-corrected chi connectivity index (χ3v) is 6.55. The van der Waals surface area contributed by atoms with Crippen LogP contribution in [0.5, 0.6) is 0 Å². The first kappa shape index (κ1) is 21.0. The normalized spacial score (nSPS) is 20.6. The molecule has 5 nitrogen and oxygen atoms in total. The summed E-state index contributed by atoms with van der Waals surface area (Å²) < 4.78 is 40.0. The molecule has 2 fully saturated rings. The molecule has 0 spiro atoms. The number of carbonyl (C=O) groups is 1. The minimum Gasteiger partial charge on any atom is -0.367 e. The fourth-order valence-electron chi connectivity index (χ4n) is 4.14. The van der Waals surface area contributed by atoms with Gasteiger partial charge in [0.15, 0.2) is 0 Å². The fraction of sp³-hybridized carbons (Fsp3) is 0.476. The number of hydrogen-bond acceptors (Lipinski definition) is 4. The maximum absolute atomic E-state index is 13.3. The number of rotatable bonds is 3. The van der Waals surface area contributed by atoms with E-state index in [1.54, 1.807) is 16.2 Å². The number of hydrogen-bond donors (Lipinski definition) is 1. The Labute approximate surface area is 178 Å². The molecule has 0 radical (unpaired) electrons. The molecule has 2 amide bonds. The van der Waals surface area contributed by atoms with Gasteiger partial charge < -0.3 is 20.0 Å². The van der Waals surface area contributed by atoms with E-state index >= 15 is 0 Å². The zero-order valence-corrected chi connectivity index (χ0v) is 17.6. The zero-order valence-electron chi connectivity index (χ0n) is 16.8. The monoisotopic (exact) mass is 438 g/mol. The molecule has 0 bridgehead atoms. The summed E-state index contributed by atoms with van der Waals surface area (Å²) in [7, 11) is 2.02. The van der Waals surface area contributed by atoms with Gasteiger partial charge in [0.05, 0.1) is 23.0 Å². The Morgan fingerprint density at radius 1 is 1.13 bits per heavy atom. The highest BCUT2D eigenvalue weighted by Gasteiger charge is 2.34. The highest BCUT2D eigenvalue weighted by atomic mass is 32.1. The zero-order chi connectivity index (χ0) is 21.3. The van der Waals surface area contributed by atoms with Crippen LogP contribution in [0.25, 0.3) is 0 Å². The number of nitrogens with one attached hydrogen (secondary N) is 1. The molecular formula is C21H25F3N4OS. The Morgan fingerprint density at radius 2 is 1.90 bits per heavy atom. The van der Waals surface area contributed by atoms with Crippen LogP contribution in [0.1, 0.15) is 30.0 Å². The molecule has 9 heteroatoms. The number of thiophene rings is 1. The predicted molar refractivity (Wildman–Crippen MR) is 113 cm³/mol. The summed E-state index contributed by atoms with van der Waals surface area (Å²) in [6, 6.07) is 5.24. The second kappa shape index (κ2) is 8.47. The van der Waals surface area contributed by atoms with Crippen LogP contribution in [0.4, 0.5) is 29.3 Å². The number of benzene rings is 1. The Kier molecular flexibility index (Phi) is 5.92. The lowest BCUT2D eigenvalue weighted by Gasteiger charge is -2.35. The van der Waals surface area contributed by atoms with Gasteiger partial charge in [-0.15, -0.1) is 0 Å². The summed E-state index contributed by atoms with van der Waals surface area (Å²) in [4.78, 5) is 19.0. The highest BCUT2D eigenvalue weighted by molar-refractivity contribution is 7.08. The topological polar surface area (TPSA) is 38.8 Å². The summed E-state index contributed by atoms with van der Waals surface area (Å²) in [5.41, 5.74) is 1.17. The molecule has 2 aliphatic heterocycles. The van der Waals surface area contributed by atoms with Gasteiger partial charge in [-0.2, -0.15) is 24.5 Å². The summed E-state index contributed by atoms with van der Waals surface area (Å²) in [6.45, 7) is 3.63. The number of carbonyl (C=O) groups excluding carboxylic acids is 1. The minimum atomic E-state index is -4.47. The van der Waals surface area contributed by atoms with Crippen molar-refractivity contribution in [3.8, 4) is 0 Å². The molecule has 162 valence electrons. The maximum Gasteiger partial charge on any atom is 0.416 e. The molecule has 2 aliphatic rings. The number of likely N-dealkylation sites (N-methyl/N-ethyl adjacent to an activating group) is 1. The van der Waals surface area contributed by atoms with E-state index in [0.29, 0.717) is 25.3 Å². The number of nitrogens with zero attached hydrogens (tertiary/aromatic N) is 3. The number of likely N-dealkylation sites (tertiary alicyclic amines) is 1. The lowest BCUT2D eigenvalue weighted by atomic mass is 10.1. The molecule has 1 unspecified atom stereocenters. The van der Waals surface area contributed by atoms with Crippen LogP contribution in [0.2, 0.25) is 0 Å². The van der Waals surface area contributed by atoms with E-state index in [2.05, 4.69) is 10.2 Å². The molecule has 0 aliphatic carbocycles. The third-order valence-electron chi connectivity index (χ3n) is 5.85. The minimum absolute atomic E-state index is 0.0332. The molecule has 1 atom stereocenters. The van der Waals surface area contributed by atoms with Gasteiger partial charge in [-0.05, 0) is 60.5 Å². The Balaban J connectivity index is 1.60. The molecule has 2 saturated heterocycles. The largest absolute Gasteiger partial charge is 0.416 e. The molecule has 30 heavy (non-hydrogen) atoms. The molecule has 2 aromatic rings. The molecule has 0 saturated carbocycles. The molecule has 1 N–H and O–H groups in total. The molecular weight excluding hydrogens is 413 g/mol. The van der Waals surface area contributed by atoms with Crippen LogP contribution in [-0.4, -0.2) is 55.6 Å². The van der Waals surface area contributed by atoms with Crippen molar-refractivity contribution in [2.24, 2.45) is 0 Å². The van der Waals surface area contributed by atoms with Crippen LogP contribution in [0.15, 0.2) is 35.0 Å². The van der Waals surface area contributed by atoms with Gasteiger partial charge in [0, 0.05) is 32.7 Å². The SMILES string of the molecule is CN1CCN(c2ccc(C(F)(F)F)cc2NC(=O)N2CCCC2c2ccsc2)CC1. The van der Waals surface area contributed by atoms with Crippen LogP contribution in [-0.2, 0) is 6.18 Å². The van der Waals surface area contributed by atoms with Crippen molar-refractivity contribution in [2.45, 2.75) is 25.1 Å². The quantitative estimate of drug-likeness (QED) is 0.742. The summed E-state index contributed by atoms with van der Waals surface area (Å²) >= 11 is 1.58. The number of piperazine rings is 1. The summed E-state index contributed by atoms with van der Waals surface area (Å²) in [6.07, 6.45) is -2.73. The van der Waals surface area contributed by atoms with Gasteiger partial charge in [0.2, 0.25) is 0 Å². The molecule has 1 aromatic carbocycles. The van der Waals surface area contributed by atoms with E-state index in [1.165, 1.54) is 6.07 Å². The number of anilines is 2. The third kappa shape index (κ3) is 4.41. The number of urea groups is 1. The lowest BCUT2D eigenvalue weighted by molar-refractivity contribution is -0.137. The van der Waals surface area contributed by atoms with Gasteiger partial charge >= 0.3 is 12.2 Å². The van der Waals surface area contributed by atoms with Crippen molar-refractivity contribution >= 4 is 28.7 Å². The smallest absolute Gasteiger partial charge is 0.367 e. The molecule has 3 heterocycles. The Hall–Kier alpha value is -2.26. The van der Waals surface area contributed by atoms with E-state index in [4.69, 9.17) is 0 Å². The van der Waals surface area contributed by atoms with Crippen LogP contribution >= 0.6 is 11.3 Å². The average Bonchev–Trinajstić information content (AvgIpc) is 3.39. The van der Waals surface area contributed by atoms with Gasteiger partial charge in [-0.25, -0.2) is 4.79 Å². The fourth-order valence-corrected chi connectivity index (χ4v) is 4.85. The predicted octanol–water partition coefficient (Wildman–Crippen LogP) is 4.89. The first-order valence-electron chi connectivity index (χ1n) is 10.1. The van der Waals surface area contributed by atoms with Gasteiger partial charge in [-0.1, -0.05) is 0 Å². The van der Waals surface area contributed by atoms with Gasteiger partial charge in [0.1, 0.15) is 0 Å². The molecule has 1 aromatic heterocycles. The van der Waals surface area contributed by atoms with E-state index in [1.807, 2.05) is 28.8 Å². The van der Waals surface area contributed by atoms with Crippen molar-refractivity contribution in [2.75, 3.05) is 50.0 Å². The van der Waals surface area contributed by atoms with Crippen LogP contribution < -0.4 is 10.2 Å². The van der Waals surface area contributed by atoms with Crippen LogP contribution in [0.3, 0.4) is 0 Å². The number of alkyl halides is 3. The highest BCUT2D eigenvalue weighted by Crippen LogP contribution is 2.37. The Morgan fingerprint density at radius 3 is 2.57 bits per heavy atom. The first-order valence-corrected chi connectivity index (χ1v) is 11.0. The van der Waals surface area contributed by atoms with E-state index in [0.717, 1.165) is 43.6 Å². The van der Waals surface area contributed by atoms with Crippen molar-refractivity contribution in [3.05, 3.63) is 46.2 Å². The second-order valence-corrected chi connectivity index (χ2v) is 8.64.